The Bertz CT molecular complexity index is 7320. The lowest BCUT2D eigenvalue weighted by atomic mass is 9.94. The molecule has 0 aliphatic carbocycles. The maximum atomic E-state index is 5.02. The second-order valence-corrected chi connectivity index (χ2v) is 28.5. The van der Waals surface area contributed by atoms with Gasteiger partial charge in [-0.25, -0.2) is 19.9 Å². The standard InChI is InChI=1S/2C52H34N4/c1-3-14-35(15-4-1)36-16-13-17-39(30-36)42-20-7-8-21-43(42)40-33-53-52(54-34-40)56-49-25-12-10-23-45(49)47-31-37(27-29-50(47)56)38-26-28-46-44-22-9-11-24-48(44)55(51(46)32-38)41-18-5-2-6-19-41;1-3-13-36(14-4-1)42-17-7-8-18-43(42)37-25-23-35(24-26-37)40-33-53-52(54-34-40)56-49-22-12-10-20-45(49)47-31-38(28-30-50(47)56)39-27-29-46-44-19-9-11-21-48(44)55(51(46)32-39)41-15-5-2-6-16-41/h2*1-34H. The maximum Gasteiger partial charge on any atom is 0.234 e. The van der Waals surface area contributed by atoms with Crippen molar-refractivity contribution >= 4 is 87.2 Å². The number of hydrogen-bond acceptors (Lipinski definition) is 4. The van der Waals surface area contributed by atoms with Crippen LogP contribution < -0.4 is 0 Å². The first-order valence-electron chi connectivity index (χ1n) is 38.0. The molecule has 0 spiro atoms. The van der Waals surface area contributed by atoms with Crippen molar-refractivity contribution in [3.63, 3.8) is 0 Å². The van der Waals surface area contributed by atoms with Gasteiger partial charge in [0.1, 0.15) is 0 Å². The van der Waals surface area contributed by atoms with E-state index in [0.717, 1.165) is 77.8 Å². The maximum absolute atomic E-state index is 5.02. The number of fused-ring (bicyclic) bond motifs is 12. The Labute approximate surface area is 646 Å². The van der Waals surface area contributed by atoms with Gasteiger partial charge in [0.15, 0.2) is 0 Å². The second kappa shape index (κ2) is 27.6. The molecular weight excluding hydrogens is 1360 g/mol. The summed E-state index contributed by atoms with van der Waals surface area (Å²) in [6.45, 7) is 0. The summed E-state index contributed by atoms with van der Waals surface area (Å²) in [4.78, 5) is 20.0. The van der Waals surface area contributed by atoms with E-state index in [-0.39, 0.29) is 0 Å². The molecule has 112 heavy (non-hydrogen) atoms. The van der Waals surface area contributed by atoms with Gasteiger partial charge < -0.3 is 9.13 Å². The highest BCUT2D eigenvalue weighted by Gasteiger charge is 2.22. The molecule has 0 saturated heterocycles. The lowest BCUT2D eigenvalue weighted by molar-refractivity contribution is 0.990. The predicted octanol–water partition coefficient (Wildman–Crippen LogP) is 26.7. The van der Waals surface area contributed by atoms with Crippen molar-refractivity contribution in [2.45, 2.75) is 0 Å². The average molecular weight is 1430 g/mol. The van der Waals surface area contributed by atoms with Gasteiger partial charge in [0.2, 0.25) is 11.9 Å². The number of benzene rings is 16. The molecule has 8 nitrogen and oxygen atoms in total. The van der Waals surface area contributed by atoms with Crippen LogP contribution in [0, 0.1) is 0 Å². The molecule has 0 unspecified atom stereocenters. The van der Waals surface area contributed by atoms with Crippen LogP contribution in [0.25, 0.3) is 200 Å². The van der Waals surface area contributed by atoms with Crippen LogP contribution in [0.15, 0.2) is 413 Å². The SMILES string of the molecule is c1ccc(-c2cccc(-c3ccccc3-c3cnc(-n4c5ccccc5c5cc(-c6ccc7c8ccccc8n(-c8ccccc8)c7c6)ccc54)nc3)c2)cc1.c1ccc(-c2ccccc2-c2ccc(-c3cnc(-n4c5ccccc5c5cc(-c6ccc7c8ccccc8n(-c8ccccc8)c7c6)ccc54)nc3)cc2)cc1. The minimum atomic E-state index is 0.644. The summed E-state index contributed by atoms with van der Waals surface area (Å²) >= 11 is 0. The van der Waals surface area contributed by atoms with Gasteiger partial charge in [-0.1, -0.05) is 297 Å². The third kappa shape index (κ3) is 11.4. The van der Waals surface area contributed by atoms with Gasteiger partial charge >= 0.3 is 0 Å². The van der Waals surface area contributed by atoms with E-state index in [4.69, 9.17) is 19.9 Å². The molecular formula is C104H68N8. The van der Waals surface area contributed by atoms with Crippen LogP contribution >= 0.6 is 0 Å². The van der Waals surface area contributed by atoms with Gasteiger partial charge in [-0.2, -0.15) is 0 Å². The molecule has 0 aliphatic heterocycles. The van der Waals surface area contributed by atoms with E-state index in [2.05, 4.69) is 407 Å². The van der Waals surface area contributed by atoms with Gasteiger partial charge in [0.25, 0.3) is 0 Å². The van der Waals surface area contributed by atoms with E-state index in [9.17, 15) is 0 Å². The molecule has 22 aromatic rings. The minimum Gasteiger partial charge on any atom is -0.309 e. The largest absolute Gasteiger partial charge is 0.309 e. The van der Waals surface area contributed by atoms with Crippen molar-refractivity contribution in [3.8, 4) is 112 Å². The zero-order chi connectivity index (χ0) is 74.0. The summed E-state index contributed by atoms with van der Waals surface area (Å²) in [6.07, 6.45) is 7.78. The Morgan fingerprint density at radius 1 is 0.143 bits per heavy atom. The van der Waals surface area contributed by atoms with Gasteiger partial charge in [0.05, 0.1) is 44.1 Å². The van der Waals surface area contributed by atoms with Crippen LogP contribution in [0.2, 0.25) is 0 Å². The van der Waals surface area contributed by atoms with Crippen LogP contribution in [0.3, 0.4) is 0 Å². The second-order valence-electron chi connectivity index (χ2n) is 28.5. The summed E-state index contributed by atoms with van der Waals surface area (Å²) in [5.74, 6) is 1.29. The van der Waals surface area contributed by atoms with Gasteiger partial charge in [-0.3, -0.25) is 9.13 Å². The molecule has 6 heterocycles. The van der Waals surface area contributed by atoms with E-state index in [1.807, 2.05) is 24.8 Å². The Morgan fingerprint density at radius 3 is 0.884 bits per heavy atom. The molecule has 0 saturated carbocycles. The van der Waals surface area contributed by atoms with E-state index in [1.165, 1.54) is 110 Å². The molecule has 0 fully saturated rings. The number of hydrogen-bond donors (Lipinski definition) is 0. The fourth-order valence-electron chi connectivity index (χ4n) is 16.8. The van der Waals surface area contributed by atoms with E-state index in [0.29, 0.717) is 11.9 Å². The van der Waals surface area contributed by atoms with Crippen LogP contribution in [0.1, 0.15) is 0 Å². The summed E-state index contributed by atoms with van der Waals surface area (Å²) in [7, 11) is 0. The van der Waals surface area contributed by atoms with E-state index in [1.54, 1.807) is 0 Å². The van der Waals surface area contributed by atoms with Crippen molar-refractivity contribution < 1.29 is 0 Å². The fourth-order valence-corrected chi connectivity index (χ4v) is 16.8. The Balaban J connectivity index is 0.000000141. The number of para-hydroxylation sites is 6. The van der Waals surface area contributed by atoms with Crippen molar-refractivity contribution in [1.82, 2.24) is 38.2 Å². The van der Waals surface area contributed by atoms with E-state index >= 15 is 0 Å². The van der Waals surface area contributed by atoms with Gasteiger partial charge in [0, 0.05) is 90.4 Å². The van der Waals surface area contributed by atoms with Crippen LogP contribution in [-0.2, 0) is 0 Å². The first kappa shape index (κ1) is 65.2. The quantitative estimate of drug-likeness (QED) is 0.122. The Morgan fingerprint density at radius 2 is 0.420 bits per heavy atom. The molecule has 524 valence electrons. The molecule has 6 aromatic heterocycles. The van der Waals surface area contributed by atoms with Crippen molar-refractivity contribution in [2.75, 3.05) is 0 Å². The lowest BCUT2D eigenvalue weighted by Gasteiger charge is -2.12. The third-order valence-electron chi connectivity index (χ3n) is 22.1. The number of aromatic nitrogens is 8. The molecule has 22 rings (SSSR count). The zero-order valence-corrected chi connectivity index (χ0v) is 60.8. The molecule has 0 aliphatic rings. The number of rotatable bonds is 12. The molecule has 8 heteroatoms. The summed E-state index contributed by atoms with van der Waals surface area (Å²) in [6, 6.07) is 138. The van der Waals surface area contributed by atoms with Crippen LogP contribution in [0.5, 0.6) is 0 Å². The lowest BCUT2D eigenvalue weighted by Crippen LogP contribution is -2.01. The highest BCUT2D eigenvalue weighted by molar-refractivity contribution is 6.15. The average Bonchev–Trinajstić information content (AvgIpc) is 1.60. The fraction of sp³-hybridized carbons (Fsp3) is 0. The first-order chi connectivity index (χ1) is 55.6. The summed E-state index contributed by atoms with van der Waals surface area (Å²) < 4.78 is 9.11. The van der Waals surface area contributed by atoms with Crippen LogP contribution in [-0.4, -0.2) is 38.2 Å². The topological polar surface area (TPSA) is 71.3 Å². The molecule has 0 bridgehead atoms. The summed E-state index contributed by atoms with van der Waals surface area (Å²) in [5, 5.41) is 9.67. The highest BCUT2D eigenvalue weighted by atomic mass is 15.2. The summed E-state index contributed by atoms with van der Waals surface area (Å²) in [5.41, 5.74) is 29.7. The monoisotopic (exact) mass is 1430 g/mol. The Kier molecular flexibility index (Phi) is 16.1. The number of nitrogens with zero attached hydrogens (tertiary/aromatic N) is 8. The first-order valence-corrected chi connectivity index (χ1v) is 38.0. The van der Waals surface area contributed by atoms with Crippen molar-refractivity contribution in [3.05, 3.63) is 413 Å². The molecule has 16 aromatic carbocycles. The van der Waals surface area contributed by atoms with E-state index < -0.39 is 0 Å². The van der Waals surface area contributed by atoms with Crippen LogP contribution in [0.4, 0.5) is 0 Å². The molecule has 0 radical (unpaired) electrons. The molecule has 0 atom stereocenters. The normalized spacial score (nSPS) is 11.6. The van der Waals surface area contributed by atoms with Crippen molar-refractivity contribution in [2.24, 2.45) is 0 Å². The zero-order valence-electron chi connectivity index (χ0n) is 60.8. The van der Waals surface area contributed by atoms with Crippen molar-refractivity contribution in [1.29, 1.82) is 0 Å². The molecule has 0 amide bonds. The molecule has 0 N–H and O–H groups in total. The predicted molar refractivity (Wildman–Crippen MR) is 465 cm³/mol. The minimum absolute atomic E-state index is 0.644. The highest BCUT2D eigenvalue weighted by Crippen LogP contribution is 2.43. The van der Waals surface area contributed by atoms with Gasteiger partial charge in [-0.05, 0) is 169 Å². The van der Waals surface area contributed by atoms with Gasteiger partial charge in [-0.15, -0.1) is 0 Å². The third-order valence-corrected chi connectivity index (χ3v) is 22.1. The smallest absolute Gasteiger partial charge is 0.234 e. The Hall–Kier alpha value is -15.1.